The second-order valence-electron chi connectivity index (χ2n) is 8.40. The lowest BCUT2D eigenvalue weighted by Gasteiger charge is -2.35. The van der Waals surface area contributed by atoms with E-state index in [-0.39, 0.29) is 36.8 Å². The molecule has 0 N–H and O–H groups in total. The molecule has 9 heteroatoms. The number of hydrogen-bond acceptors (Lipinski definition) is 5. The molecule has 162 valence electrons. The van der Waals surface area contributed by atoms with Gasteiger partial charge in [0.25, 0.3) is 11.8 Å². The summed E-state index contributed by atoms with van der Waals surface area (Å²) < 4.78 is 6.10. The van der Waals surface area contributed by atoms with Gasteiger partial charge in [0.2, 0.25) is 5.91 Å². The van der Waals surface area contributed by atoms with Crippen LogP contribution in [-0.2, 0) is 9.53 Å². The molecule has 2 aliphatic rings. The summed E-state index contributed by atoms with van der Waals surface area (Å²) in [5, 5.41) is 0. The monoisotopic (exact) mass is 479 g/mol. The Morgan fingerprint density at radius 3 is 2.23 bits per heavy atom. The van der Waals surface area contributed by atoms with Crippen LogP contribution in [0.2, 0.25) is 0 Å². The summed E-state index contributed by atoms with van der Waals surface area (Å²) in [6, 6.07) is 5.01. The van der Waals surface area contributed by atoms with Crippen molar-refractivity contribution in [2.75, 3.05) is 32.7 Å². The Hall–Kier alpha value is -2.42. The summed E-state index contributed by atoms with van der Waals surface area (Å²) in [7, 11) is 0. The van der Waals surface area contributed by atoms with Crippen LogP contribution in [0.5, 0.6) is 0 Å². The lowest BCUT2D eigenvalue weighted by Crippen LogP contribution is -2.51. The van der Waals surface area contributed by atoms with Gasteiger partial charge in [-0.15, -0.1) is 0 Å². The number of carbonyl (C=O) groups excluding carboxylic acids is 4. The predicted octanol–water partition coefficient (Wildman–Crippen LogP) is 2.90. The number of rotatable bonds is 4. The van der Waals surface area contributed by atoms with Gasteiger partial charge in [0.05, 0.1) is 11.1 Å². The molecule has 1 aromatic rings. The Bertz CT molecular complexity index is 872. The fraction of sp³-hybridized carbons (Fsp3) is 0.524. The second-order valence-corrected chi connectivity index (χ2v) is 9.32. The summed E-state index contributed by atoms with van der Waals surface area (Å²) in [5.41, 5.74) is 0.233. The highest BCUT2D eigenvalue weighted by atomic mass is 79.9. The zero-order chi connectivity index (χ0) is 22.1. The van der Waals surface area contributed by atoms with Gasteiger partial charge in [-0.1, -0.05) is 15.9 Å². The van der Waals surface area contributed by atoms with E-state index < -0.39 is 5.60 Å². The lowest BCUT2D eigenvalue weighted by atomic mass is 10.1. The van der Waals surface area contributed by atoms with Crippen molar-refractivity contribution in [1.82, 2.24) is 14.7 Å². The Morgan fingerprint density at radius 1 is 1.00 bits per heavy atom. The fourth-order valence-electron chi connectivity index (χ4n) is 3.48. The SMILES string of the molecule is CC(C)(C)OC(=O)N1CCN(C(=O)CCCN2C(=O)c3ccc(Br)cc3C2=O)CC1. The summed E-state index contributed by atoms with van der Waals surface area (Å²) >= 11 is 3.31. The third-order valence-electron chi connectivity index (χ3n) is 4.99. The molecule has 0 spiro atoms. The maximum Gasteiger partial charge on any atom is 0.410 e. The third-order valence-corrected chi connectivity index (χ3v) is 5.48. The van der Waals surface area contributed by atoms with Crippen molar-refractivity contribution < 1.29 is 23.9 Å². The average molecular weight is 480 g/mol. The van der Waals surface area contributed by atoms with Crippen LogP contribution in [0.1, 0.15) is 54.3 Å². The molecular formula is C21H26BrN3O5. The first-order valence-corrected chi connectivity index (χ1v) is 10.8. The van der Waals surface area contributed by atoms with Crippen LogP contribution >= 0.6 is 15.9 Å². The van der Waals surface area contributed by atoms with E-state index in [2.05, 4.69) is 15.9 Å². The maximum absolute atomic E-state index is 12.5. The molecule has 3 rings (SSSR count). The molecule has 1 fully saturated rings. The minimum absolute atomic E-state index is 0.0433. The van der Waals surface area contributed by atoms with E-state index in [1.54, 1.807) is 28.0 Å². The first kappa shape index (κ1) is 22.3. The van der Waals surface area contributed by atoms with Gasteiger partial charge in [-0.05, 0) is 45.4 Å². The van der Waals surface area contributed by atoms with E-state index in [1.807, 2.05) is 20.8 Å². The Labute approximate surface area is 184 Å². The highest BCUT2D eigenvalue weighted by Crippen LogP contribution is 2.26. The van der Waals surface area contributed by atoms with E-state index in [0.29, 0.717) is 43.7 Å². The molecule has 0 bridgehead atoms. The van der Waals surface area contributed by atoms with E-state index >= 15 is 0 Å². The van der Waals surface area contributed by atoms with Gasteiger partial charge in [-0.25, -0.2) is 4.79 Å². The normalized spacial score (nSPS) is 16.7. The van der Waals surface area contributed by atoms with Crippen LogP contribution in [0.25, 0.3) is 0 Å². The van der Waals surface area contributed by atoms with Crippen molar-refractivity contribution in [2.24, 2.45) is 0 Å². The summed E-state index contributed by atoms with van der Waals surface area (Å²) in [6.45, 7) is 7.39. The Balaban J connectivity index is 1.45. The van der Waals surface area contributed by atoms with Crippen molar-refractivity contribution in [3.63, 3.8) is 0 Å². The van der Waals surface area contributed by atoms with E-state index in [1.165, 1.54) is 4.90 Å². The number of ether oxygens (including phenoxy) is 1. The molecule has 2 heterocycles. The van der Waals surface area contributed by atoms with E-state index in [0.717, 1.165) is 4.47 Å². The molecule has 0 saturated carbocycles. The number of fused-ring (bicyclic) bond motifs is 1. The van der Waals surface area contributed by atoms with Crippen LogP contribution < -0.4 is 0 Å². The number of piperazine rings is 1. The van der Waals surface area contributed by atoms with Crippen molar-refractivity contribution in [2.45, 2.75) is 39.2 Å². The number of halogens is 1. The fourth-order valence-corrected chi connectivity index (χ4v) is 3.84. The molecule has 0 radical (unpaired) electrons. The molecule has 0 aliphatic carbocycles. The molecule has 8 nitrogen and oxygen atoms in total. The maximum atomic E-state index is 12.5. The third kappa shape index (κ3) is 5.00. The molecule has 0 unspecified atom stereocenters. The van der Waals surface area contributed by atoms with E-state index in [9.17, 15) is 19.2 Å². The standard InChI is InChI=1S/C21H26BrN3O5/c1-21(2,3)30-20(29)24-11-9-23(10-12-24)17(26)5-4-8-25-18(27)15-7-6-14(22)13-16(15)19(25)28/h6-7,13H,4-5,8-12H2,1-3H3. The first-order valence-electron chi connectivity index (χ1n) is 9.98. The predicted molar refractivity (Wildman–Crippen MR) is 113 cm³/mol. The summed E-state index contributed by atoms with van der Waals surface area (Å²) in [4.78, 5) is 54.0. The number of imide groups is 1. The molecule has 1 saturated heterocycles. The van der Waals surface area contributed by atoms with Gasteiger partial charge in [0.1, 0.15) is 5.60 Å². The van der Waals surface area contributed by atoms with E-state index in [4.69, 9.17) is 4.74 Å². The Kier molecular flexibility index (Phi) is 6.50. The van der Waals surface area contributed by atoms with Crippen LogP contribution in [0.3, 0.4) is 0 Å². The van der Waals surface area contributed by atoms with Crippen LogP contribution in [0, 0.1) is 0 Å². The number of carbonyl (C=O) groups is 4. The van der Waals surface area contributed by atoms with Crippen LogP contribution in [0.15, 0.2) is 22.7 Å². The number of amides is 4. The van der Waals surface area contributed by atoms with Crippen molar-refractivity contribution in [3.05, 3.63) is 33.8 Å². The van der Waals surface area contributed by atoms with Crippen molar-refractivity contribution in [1.29, 1.82) is 0 Å². The molecule has 0 aromatic heterocycles. The highest BCUT2D eigenvalue weighted by molar-refractivity contribution is 9.10. The summed E-state index contributed by atoms with van der Waals surface area (Å²) in [6.07, 6.45) is 0.272. The van der Waals surface area contributed by atoms with Crippen LogP contribution in [0.4, 0.5) is 4.79 Å². The van der Waals surface area contributed by atoms with Gasteiger partial charge in [-0.2, -0.15) is 0 Å². The van der Waals surface area contributed by atoms with Gasteiger partial charge < -0.3 is 14.5 Å². The van der Waals surface area contributed by atoms with Gasteiger partial charge in [0, 0.05) is 43.6 Å². The minimum Gasteiger partial charge on any atom is -0.444 e. The minimum atomic E-state index is -0.551. The number of hydrogen-bond donors (Lipinski definition) is 0. The molecule has 0 atom stereocenters. The van der Waals surface area contributed by atoms with Gasteiger partial charge in [-0.3, -0.25) is 19.3 Å². The Morgan fingerprint density at radius 2 is 1.60 bits per heavy atom. The molecular weight excluding hydrogens is 454 g/mol. The smallest absolute Gasteiger partial charge is 0.410 e. The van der Waals surface area contributed by atoms with Gasteiger partial charge >= 0.3 is 6.09 Å². The molecule has 4 amide bonds. The average Bonchev–Trinajstić information content (AvgIpc) is 2.91. The largest absolute Gasteiger partial charge is 0.444 e. The van der Waals surface area contributed by atoms with Crippen molar-refractivity contribution >= 4 is 39.7 Å². The molecule has 1 aromatic carbocycles. The van der Waals surface area contributed by atoms with Gasteiger partial charge in [0.15, 0.2) is 0 Å². The van der Waals surface area contributed by atoms with Crippen LogP contribution in [-0.4, -0.2) is 76.8 Å². The number of nitrogens with zero attached hydrogens (tertiary/aromatic N) is 3. The van der Waals surface area contributed by atoms with Crippen molar-refractivity contribution in [3.8, 4) is 0 Å². The number of benzene rings is 1. The lowest BCUT2D eigenvalue weighted by molar-refractivity contribution is -0.133. The first-order chi connectivity index (χ1) is 14.1. The highest BCUT2D eigenvalue weighted by Gasteiger charge is 2.35. The topological polar surface area (TPSA) is 87.2 Å². The molecule has 30 heavy (non-hydrogen) atoms. The second kappa shape index (κ2) is 8.75. The quantitative estimate of drug-likeness (QED) is 0.619. The zero-order valence-corrected chi connectivity index (χ0v) is 19.0. The molecule has 2 aliphatic heterocycles. The zero-order valence-electron chi connectivity index (χ0n) is 17.4. The summed E-state index contributed by atoms with van der Waals surface area (Å²) in [5.74, 6) is -0.686.